The number of ether oxygens (including phenoxy) is 1. The van der Waals surface area contributed by atoms with E-state index in [0.717, 1.165) is 0 Å². The fourth-order valence-electron chi connectivity index (χ4n) is 0.637. The molecule has 1 aromatic rings. The largest absolute Gasteiger partial charge is 0.388 e. The van der Waals surface area contributed by atoms with E-state index < -0.39 is 0 Å². The highest BCUT2D eigenvalue weighted by atomic mass is 16.4. The molecule has 0 saturated heterocycles. The zero-order valence-corrected chi connectivity index (χ0v) is 10.4. The van der Waals surface area contributed by atoms with Crippen LogP contribution in [-0.2, 0) is 4.74 Å². The SMILES string of the molecule is CCC.COC.Cc1ccc(C)cc1. The minimum Gasteiger partial charge on any atom is -0.388 e. The molecule has 0 aromatic heterocycles. The van der Waals surface area contributed by atoms with Gasteiger partial charge in [-0.1, -0.05) is 55.7 Å². The second kappa shape index (κ2) is 12.2. The van der Waals surface area contributed by atoms with E-state index in [2.05, 4.69) is 56.7 Å². The van der Waals surface area contributed by atoms with E-state index in [1.54, 1.807) is 14.2 Å². The molecular weight excluding hydrogens is 172 g/mol. The molecular formula is C13H24O. The summed E-state index contributed by atoms with van der Waals surface area (Å²) in [5.41, 5.74) is 2.66. The second-order valence-electron chi connectivity index (χ2n) is 3.27. The Labute approximate surface area is 89.1 Å². The third kappa shape index (κ3) is 13.7. The first-order chi connectivity index (χ1) is 6.62. The van der Waals surface area contributed by atoms with Crippen LogP contribution in [-0.4, -0.2) is 14.2 Å². The van der Waals surface area contributed by atoms with Gasteiger partial charge in [0.25, 0.3) is 0 Å². The lowest BCUT2D eigenvalue weighted by molar-refractivity contribution is 0.277. The van der Waals surface area contributed by atoms with Crippen molar-refractivity contribution in [3.05, 3.63) is 35.4 Å². The fourth-order valence-corrected chi connectivity index (χ4v) is 0.637. The van der Waals surface area contributed by atoms with Gasteiger partial charge in [-0.15, -0.1) is 0 Å². The van der Waals surface area contributed by atoms with Crippen LogP contribution < -0.4 is 0 Å². The van der Waals surface area contributed by atoms with Gasteiger partial charge in [0.05, 0.1) is 0 Å². The van der Waals surface area contributed by atoms with Crippen LogP contribution in [0.25, 0.3) is 0 Å². The maximum absolute atomic E-state index is 4.25. The molecule has 0 fully saturated rings. The maximum Gasteiger partial charge on any atom is 0.0351 e. The van der Waals surface area contributed by atoms with Crippen LogP contribution in [0, 0.1) is 13.8 Å². The Morgan fingerprint density at radius 2 is 1.00 bits per heavy atom. The smallest absolute Gasteiger partial charge is 0.0351 e. The molecule has 0 unspecified atom stereocenters. The van der Waals surface area contributed by atoms with Crippen molar-refractivity contribution in [3.8, 4) is 0 Å². The molecule has 0 aliphatic carbocycles. The normalized spacial score (nSPS) is 7.86. The summed E-state index contributed by atoms with van der Waals surface area (Å²) in [5.74, 6) is 0. The Morgan fingerprint density at radius 3 is 1.14 bits per heavy atom. The van der Waals surface area contributed by atoms with E-state index in [9.17, 15) is 0 Å². The first-order valence-electron chi connectivity index (χ1n) is 5.05. The molecule has 0 saturated carbocycles. The van der Waals surface area contributed by atoms with Crippen LogP contribution in [0.3, 0.4) is 0 Å². The molecule has 82 valence electrons. The average molecular weight is 196 g/mol. The maximum atomic E-state index is 4.25. The van der Waals surface area contributed by atoms with Gasteiger partial charge in [-0.25, -0.2) is 0 Å². The zero-order chi connectivity index (χ0) is 11.4. The summed E-state index contributed by atoms with van der Waals surface area (Å²) in [4.78, 5) is 0. The van der Waals surface area contributed by atoms with Gasteiger partial charge in [0.1, 0.15) is 0 Å². The minimum absolute atomic E-state index is 1.25. The molecule has 1 aromatic carbocycles. The van der Waals surface area contributed by atoms with E-state index in [1.165, 1.54) is 17.5 Å². The summed E-state index contributed by atoms with van der Waals surface area (Å²) in [6.07, 6.45) is 1.25. The second-order valence-corrected chi connectivity index (χ2v) is 3.27. The predicted molar refractivity (Wildman–Crippen MR) is 64.8 cm³/mol. The standard InChI is InChI=1S/C8H10.C3H8.C2H6O/c1-7-3-5-8(2)6-4-7;2*1-3-2/h3-6H,1-2H3;3H2,1-2H3;1-2H3. The van der Waals surface area contributed by atoms with Crippen molar-refractivity contribution < 1.29 is 4.74 Å². The van der Waals surface area contributed by atoms with E-state index in [-0.39, 0.29) is 0 Å². The Kier molecular flexibility index (Phi) is 13.6. The fraction of sp³-hybridized carbons (Fsp3) is 0.538. The third-order valence-electron chi connectivity index (χ3n) is 1.22. The summed E-state index contributed by atoms with van der Waals surface area (Å²) >= 11 is 0. The van der Waals surface area contributed by atoms with Crippen LogP contribution in [0.1, 0.15) is 31.4 Å². The molecule has 0 N–H and O–H groups in total. The molecule has 0 aliphatic heterocycles. The average Bonchev–Trinajstić information content (AvgIpc) is 2.13. The van der Waals surface area contributed by atoms with Gasteiger partial charge in [0.15, 0.2) is 0 Å². The van der Waals surface area contributed by atoms with Gasteiger partial charge >= 0.3 is 0 Å². The summed E-state index contributed by atoms with van der Waals surface area (Å²) in [7, 11) is 3.25. The van der Waals surface area contributed by atoms with E-state index in [1.807, 2.05) is 0 Å². The monoisotopic (exact) mass is 196 g/mol. The summed E-state index contributed by atoms with van der Waals surface area (Å²) < 4.78 is 4.25. The molecule has 0 bridgehead atoms. The van der Waals surface area contributed by atoms with Crippen LogP contribution in [0.15, 0.2) is 24.3 Å². The molecule has 0 heterocycles. The van der Waals surface area contributed by atoms with Gasteiger partial charge in [0.2, 0.25) is 0 Å². The number of aryl methyl sites for hydroxylation is 2. The molecule has 14 heavy (non-hydrogen) atoms. The molecule has 0 spiro atoms. The number of hydrogen-bond acceptors (Lipinski definition) is 1. The van der Waals surface area contributed by atoms with E-state index in [4.69, 9.17) is 0 Å². The lowest BCUT2D eigenvalue weighted by atomic mass is 10.2. The highest BCUT2D eigenvalue weighted by molar-refractivity contribution is 5.19. The Bertz CT molecular complexity index is 166. The third-order valence-corrected chi connectivity index (χ3v) is 1.22. The number of benzene rings is 1. The van der Waals surface area contributed by atoms with Crippen molar-refractivity contribution in [2.45, 2.75) is 34.1 Å². The predicted octanol–water partition coefficient (Wildman–Crippen LogP) is 3.98. The van der Waals surface area contributed by atoms with Gasteiger partial charge < -0.3 is 4.74 Å². The van der Waals surface area contributed by atoms with Crippen LogP contribution in [0.2, 0.25) is 0 Å². The lowest BCUT2D eigenvalue weighted by Gasteiger charge is -1.90. The van der Waals surface area contributed by atoms with Crippen molar-refractivity contribution >= 4 is 0 Å². The first kappa shape index (κ1) is 15.6. The molecule has 0 radical (unpaired) electrons. The quantitative estimate of drug-likeness (QED) is 0.610. The van der Waals surface area contributed by atoms with Crippen LogP contribution in [0.5, 0.6) is 0 Å². The van der Waals surface area contributed by atoms with Crippen molar-refractivity contribution in [3.63, 3.8) is 0 Å². The van der Waals surface area contributed by atoms with Crippen molar-refractivity contribution in [2.24, 2.45) is 0 Å². The highest BCUT2D eigenvalue weighted by Crippen LogP contribution is 1.99. The number of hydrogen-bond donors (Lipinski definition) is 0. The highest BCUT2D eigenvalue weighted by Gasteiger charge is 1.79. The van der Waals surface area contributed by atoms with Gasteiger partial charge in [-0.3, -0.25) is 0 Å². The molecule has 0 amide bonds. The molecule has 1 nitrogen and oxygen atoms in total. The Morgan fingerprint density at radius 1 is 0.857 bits per heavy atom. The molecule has 1 heteroatoms. The van der Waals surface area contributed by atoms with Gasteiger partial charge in [-0.2, -0.15) is 0 Å². The summed E-state index contributed by atoms with van der Waals surface area (Å²) in [6.45, 7) is 8.44. The van der Waals surface area contributed by atoms with Gasteiger partial charge in [-0.05, 0) is 13.8 Å². The minimum atomic E-state index is 1.25. The number of rotatable bonds is 0. The van der Waals surface area contributed by atoms with E-state index >= 15 is 0 Å². The van der Waals surface area contributed by atoms with Crippen molar-refractivity contribution in [1.29, 1.82) is 0 Å². The summed E-state index contributed by atoms with van der Waals surface area (Å²) in [6, 6.07) is 8.48. The molecule has 1 rings (SSSR count). The first-order valence-corrected chi connectivity index (χ1v) is 5.05. The topological polar surface area (TPSA) is 9.23 Å². The Balaban J connectivity index is 0. The van der Waals surface area contributed by atoms with Crippen molar-refractivity contribution in [1.82, 2.24) is 0 Å². The molecule has 0 atom stereocenters. The van der Waals surface area contributed by atoms with E-state index in [0.29, 0.717) is 0 Å². The summed E-state index contributed by atoms with van der Waals surface area (Å²) in [5, 5.41) is 0. The Hall–Kier alpha value is -0.820. The lowest BCUT2D eigenvalue weighted by Crippen LogP contribution is -1.70. The molecule has 0 aliphatic rings. The zero-order valence-electron chi connectivity index (χ0n) is 10.4. The van der Waals surface area contributed by atoms with Crippen LogP contribution in [0.4, 0.5) is 0 Å². The van der Waals surface area contributed by atoms with Crippen molar-refractivity contribution in [2.75, 3.05) is 14.2 Å². The van der Waals surface area contributed by atoms with Crippen LogP contribution >= 0.6 is 0 Å². The van der Waals surface area contributed by atoms with Gasteiger partial charge in [0, 0.05) is 14.2 Å². The number of methoxy groups -OCH3 is 1.